The molecule has 0 bridgehead atoms. The van der Waals surface area contributed by atoms with Crippen molar-refractivity contribution in [1.29, 1.82) is 0 Å². The molecule has 2 aromatic carbocycles. The van der Waals surface area contributed by atoms with E-state index in [0.717, 1.165) is 24.2 Å². The Morgan fingerprint density at radius 2 is 1.88 bits per heavy atom. The van der Waals surface area contributed by atoms with Gasteiger partial charge in [-0.15, -0.1) is 0 Å². The van der Waals surface area contributed by atoms with Crippen molar-refractivity contribution in [2.45, 2.75) is 19.3 Å². The number of nitrogens with zero attached hydrogens (tertiary/aromatic N) is 1. The third-order valence-corrected chi connectivity index (χ3v) is 4.68. The van der Waals surface area contributed by atoms with E-state index in [-0.39, 0.29) is 5.91 Å². The molecule has 0 radical (unpaired) electrons. The molecule has 3 aromatic rings. The van der Waals surface area contributed by atoms with Crippen LogP contribution in [0.2, 0.25) is 0 Å². The molecule has 0 saturated heterocycles. The molecule has 120 valence electrons. The fourth-order valence-electron chi connectivity index (χ4n) is 3.21. The highest BCUT2D eigenvalue weighted by atomic mass is 32.1. The summed E-state index contributed by atoms with van der Waals surface area (Å²) < 4.78 is 2.25. The molecular weight excluding hydrogens is 318 g/mol. The number of aryl methyl sites for hydroxylation is 2. The van der Waals surface area contributed by atoms with Crippen molar-refractivity contribution < 1.29 is 4.79 Å². The van der Waals surface area contributed by atoms with Crippen LogP contribution >= 0.6 is 12.2 Å². The molecule has 4 rings (SSSR count). The van der Waals surface area contributed by atoms with E-state index in [2.05, 4.69) is 22.4 Å². The first-order valence-corrected chi connectivity index (χ1v) is 8.42. The van der Waals surface area contributed by atoms with Crippen LogP contribution in [0.5, 0.6) is 0 Å². The lowest BCUT2D eigenvalue weighted by atomic mass is 10.1. The number of carbonyl (C=O) groups is 1. The van der Waals surface area contributed by atoms with Crippen LogP contribution in [0, 0.1) is 4.77 Å². The Labute approximate surface area is 145 Å². The Morgan fingerprint density at radius 1 is 1.08 bits per heavy atom. The number of aromatic nitrogens is 2. The molecule has 4 nitrogen and oxygen atoms in total. The second-order valence-electron chi connectivity index (χ2n) is 5.94. The van der Waals surface area contributed by atoms with E-state index in [1.165, 1.54) is 17.5 Å². The zero-order valence-electron chi connectivity index (χ0n) is 13.1. The van der Waals surface area contributed by atoms with E-state index in [1.54, 1.807) is 10.8 Å². The van der Waals surface area contributed by atoms with E-state index in [4.69, 9.17) is 12.2 Å². The fourth-order valence-corrected chi connectivity index (χ4v) is 3.48. The number of hydrogen-bond acceptors (Lipinski definition) is 2. The second-order valence-corrected chi connectivity index (χ2v) is 6.33. The predicted molar refractivity (Wildman–Crippen MR) is 97.4 cm³/mol. The molecule has 24 heavy (non-hydrogen) atoms. The second kappa shape index (κ2) is 6.09. The van der Waals surface area contributed by atoms with Gasteiger partial charge in [-0.25, -0.2) is 0 Å². The first-order valence-electron chi connectivity index (χ1n) is 8.01. The van der Waals surface area contributed by atoms with E-state index in [1.807, 2.05) is 36.4 Å². The maximum atomic E-state index is 12.7. The van der Waals surface area contributed by atoms with Gasteiger partial charge in [0.1, 0.15) is 5.69 Å². The van der Waals surface area contributed by atoms with Gasteiger partial charge in [0.2, 0.25) is 0 Å². The SMILES string of the molecule is O=C(Nc1ccc2c(c1)CCC2)c1c[nH]c(=S)n1-c1ccccc1. The number of imidazole rings is 1. The summed E-state index contributed by atoms with van der Waals surface area (Å²) in [5, 5.41) is 2.99. The number of carbonyl (C=O) groups excluding carboxylic acids is 1. The van der Waals surface area contributed by atoms with Crippen molar-refractivity contribution in [2.75, 3.05) is 5.32 Å². The molecule has 0 aliphatic heterocycles. The van der Waals surface area contributed by atoms with E-state index in [9.17, 15) is 4.79 Å². The minimum absolute atomic E-state index is 0.177. The Kier molecular flexibility index (Phi) is 3.78. The Bertz CT molecular complexity index is 956. The van der Waals surface area contributed by atoms with Crippen LogP contribution in [-0.4, -0.2) is 15.5 Å². The van der Waals surface area contributed by atoms with E-state index < -0.39 is 0 Å². The van der Waals surface area contributed by atoms with Gasteiger partial charge >= 0.3 is 0 Å². The highest BCUT2D eigenvalue weighted by Crippen LogP contribution is 2.25. The Balaban J connectivity index is 1.65. The van der Waals surface area contributed by atoms with Gasteiger partial charge in [-0.3, -0.25) is 9.36 Å². The zero-order chi connectivity index (χ0) is 16.5. The lowest BCUT2D eigenvalue weighted by Gasteiger charge is -2.10. The molecule has 2 N–H and O–H groups in total. The van der Waals surface area contributed by atoms with Gasteiger partial charge in [0, 0.05) is 17.6 Å². The summed E-state index contributed by atoms with van der Waals surface area (Å²) in [6.07, 6.45) is 5.06. The van der Waals surface area contributed by atoms with Crippen LogP contribution in [0.1, 0.15) is 28.0 Å². The first kappa shape index (κ1) is 14.9. The highest BCUT2D eigenvalue weighted by molar-refractivity contribution is 7.71. The molecular formula is C19H17N3OS. The minimum atomic E-state index is -0.177. The number of anilines is 1. The van der Waals surface area contributed by atoms with Crippen LogP contribution in [0.3, 0.4) is 0 Å². The largest absolute Gasteiger partial charge is 0.336 e. The number of fused-ring (bicyclic) bond motifs is 1. The van der Waals surface area contributed by atoms with Crippen LogP contribution in [-0.2, 0) is 12.8 Å². The Morgan fingerprint density at radius 3 is 2.71 bits per heavy atom. The maximum Gasteiger partial charge on any atom is 0.274 e. The van der Waals surface area contributed by atoms with Crippen molar-refractivity contribution in [3.05, 3.63) is 76.3 Å². The van der Waals surface area contributed by atoms with Crippen molar-refractivity contribution in [1.82, 2.24) is 9.55 Å². The van der Waals surface area contributed by atoms with Gasteiger partial charge in [-0.05, 0) is 66.9 Å². The monoisotopic (exact) mass is 335 g/mol. The summed E-state index contributed by atoms with van der Waals surface area (Å²) in [6, 6.07) is 15.8. The standard InChI is InChI=1S/C19H17N3OS/c23-18(21-15-10-9-13-5-4-6-14(13)11-15)17-12-20-19(24)22(17)16-7-2-1-3-8-16/h1-3,7-12H,4-6H2,(H,20,24)(H,21,23). The molecule has 1 aromatic heterocycles. The molecule has 0 saturated carbocycles. The lowest BCUT2D eigenvalue weighted by Crippen LogP contribution is -2.16. The van der Waals surface area contributed by atoms with Crippen LogP contribution in [0.15, 0.2) is 54.7 Å². The van der Waals surface area contributed by atoms with Gasteiger partial charge in [0.25, 0.3) is 5.91 Å². The summed E-state index contributed by atoms with van der Waals surface area (Å²) in [5.41, 5.74) is 4.91. The van der Waals surface area contributed by atoms with Gasteiger partial charge in [0.15, 0.2) is 4.77 Å². The molecule has 1 aliphatic carbocycles. The fraction of sp³-hybridized carbons (Fsp3) is 0.158. The van der Waals surface area contributed by atoms with Crippen LogP contribution in [0.4, 0.5) is 5.69 Å². The minimum Gasteiger partial charge on any atom is -0.336 e. The molecule has 1 aliphatic rings. The number of amides is 1. The van der Waals surface area contributed by atoms with E-state index in [0.29, 0.717) is 10.5 Å². The smallest absolute Gasteiger partial charge is 0.274 e. The molecule has 5 heteroatoms. The summed E-state index contributed by atoms with van der Waals surface area (Å²) in [4.78, 5) is 15.7. The molecule has 0 spiro atoms. The number of hydrogen-bond donors (Lipinski definition) is 2. The van der Waals surface area contributed by atoms with Crippen LogP contribution < -0.4 is 5.32 Å². The van der Waals surface area contributed by atoms with Gasteiger partial charge in [0.05, 0.1) is 0 Å². The average molecular weight is 335 g/mol. The summed E-state index contributed by atoms with van der Waals surface area (Å²) >= 11 is 5.33. The lowest BCUT2D eigenvalue weighted by molar-refractivity contribution is 0.102. The zero-order valence-corrected chi connectivity index (χ0v) is 13.9. The quantitative estimate of drug-likeness (QED) is 0.702. The number of aromatic amines is 1. The van der Waals surface area contributed by atoms with Gasteiger partial charge in [-0.2, -0.15) is 0 Å². The molecule has 0 fully saturated rings. The summed E-state index contributed by atoms with van der Waals surface area (Å²) in [7, 11) is 0. The number of rotatable bonds is 3. The summed E-state index contributed by atoms with van der Waals surface area (Å²) in [5.74, 6) is -0.177. The van der Waals surface area contributed by atoms with Crippen LogP contribution in [0.25, 0.3) is 5.69 Å². The predicted octanol–water partition coefficient (Wildman–Crippen LogP) is 4.28. The molecule has 0 atom stereocenters. The normalized spacial score (nSPS) is 12.8. The number of benzene rings is 2. The molecule has 1 amide bonds. The topological polar surface area (TPSA) is 49.8 Å². The molecule has 0 unspecified atom stereocenters. The molecule has 1 heterocycles. The Hall–Kier alpha value is -2.66. The third-order valence-electron chi connectivity index (χ3n) is 4.38. The maximum absolute atomic E-state index is 12.7. The highest BCUT2D eigenvalue weighted by Gasteiger charge is 2.16. The summed E-state index contributed by atoms with van der Waals surface area (Å²) in [6.45, 7) is 0. The third kappa shape index (κ3) is 2.67. The average Bonchev–Trinajstić information content (AvgIpc) is 3.21. The van der Waals surface area contributed by atoms with Gasteiger partial charge < -0.3 is 10.3 Å². The van der Waals surface area contributed by atoms with Crippen molar-refractivity contribution in [3.63, 3.8) is 0 Å². The van der Waals surface area contributed by atoms with E-state index >= 15 is 0 Å². The van der Waals surface area contributed by atoms with Gasteiger partial charge in [-0.1, -0.05) is 24.3 Å². The number of nitrogens with one attached hydrogen (secondary N) is 2. The van der Waals surface area contributed by atoms with Crippen molar-refractivity contribution in [3.8, 4) is 5.69 Å². The number of H-pyrrole nitrogens is 1. The number of para-hydroxylation sites is 1. The van der Waals surface area contributed by atoms with Crippen molar-refractivity contribution >= 4 is 23.8 Å². The van der Waals surface area contributed by atoms with Crippen molar-refractivity contribution in [2.24, 2.45) is 0 Å². The first-order chi connectivity index (χ1) is 11.7.